The fourth-order valence-corrected chi connectivity index (χ4v) is 1.86. The molecular weight excluding hydrogens is 240 g/mol. The van der Waals surface area contributed by atoms with Gasteiger partial charge in [-0.3, -0.25) is 0 Å². The summed E-state index contributed by atoms with van der Waals surface area (Å²) in [5.74, 6) is -0.276. The van der Waals surface area contributed by atoms with Gasteiger partial charge in [-0.15, -0.1) is 0 Å². The van der Waals surface area contributed by atoms with Crippen molar-refractivity contribution in [1.82, 2.24) is 0 Å². The van der Waals surface area contributed by atoms with E-state index in [1.54, 1.807) is 0 Å². The van der Waals surface area contributed by atoms with Crippen LogP contribution >= 0.6 is 0 Å². The fraction of sp³-hybridized carbons (Fsp3) is 0.562. The molecule has 106 valence electrons. The Morgan fingerprint density at radius 2 is 1.95 bits per heavy atom. The first kappa shape index (κ1) is 15.7. The molecule has 0 aliphatic rings. The molecule has 3 heteroatoms. The van der Waals surface area contributed by atoms with Crippen LogP contribution in [0.1, 0.15) is 43.9 Å². The van der Waals surface area contributed by atoms with Crippen molar-refractivity contribution >= 4 is 5.97 Å². The quantitative estimate of drug-likeness (QED) is 0.737. The molecule has 0 saturated heterocycles. The topological polar surface area (TPSA) is 35.5 Å². The predicted molar refractivity (Wildman–Crippen MR) is 76.0 cm³/mol. The summed E-state index contributed by atoms with van der Waals surface area (Å²) in [4.78, 5) is 11.8. The van der Waals surface area contributed by atoms with E-state index >= 15 is 0 Å². The second-order valence-corrected chi connectivity index (χ2v) is 5.12. The van der Waals surface area contributed by atoms with Crippen molar-refractivity contribution in [3.63, 3.8) is 0 Å². The molecule has 0 radical (unpaired) electrons. The zero-order valence-electron chi connectivity index (χ0n) is 12.5. The van der Waals surface area contributed by atoms with Crippen molar-refractivity contribution in [3.8, 4) is 0 Å². The summed E-state index contributed by atoms with van der Waals surface area (Å²) >= 11 is 0. The Morgan fingerprint density at radius 3 is 2.47 bits per heavy atom. The second-order valence-electron chi connectivity index (χ2n) is 5.12. The van der Waals surface area contributed by atoms with E-state index in [9.17, 15) is 4.79 Å². The summed E-state index contributed by atoms with van der Waals surface area (Å²) in [5.41, 5.74) is 3.53. The molecule has 0 heterocycles. The molecule has 19 heavy (non-hydrogen) atoms. The molecule has 1 atom stereocenters. The van der Waals surface area contributed by atoms with Crippen LogP contribution in [0.25, 0.3) is 0 Å². The summed E-state index contributed by atoms with van der Waals surface area (Å²) < 4.78 is 10.9. The lowest BCUT2D eigenvalue weighted by Crippen LogP contribution is -2.28. The van der Waals surface area contributed by atoms with Gasteiger partial charge in [-0.25, -0.2) is 4.79 Å². The molecule has 0 aliphatic heterocycles. The van der Waals surface area contributed by atoms with Gasteiger partial charge in [-0.05, 0) is 45.2 Å². The second kappa shape index (κ2) is 7.29. The van der Waals surface area contributed by atoms with E-state index in [4.69, 9.17) is 9.47 Å². The Morgan fingerprint density at radius 1 is 1.26 bits per heavy atom. The van der Waals surface area contributed by atoms with Gasteiger partial charge < -0.3 is 9.47 Å². The highest BCUT2D eigenvalue weighted by atomic mass is 16.6. The molecule has 0 amide bonds. The lowest BCUT2D eigenvalue weighted by molar-refractivity contribution is -0.162. The van der Waals surface area contributed by atoms with E-state index in [2.05, 4.69) is 26.0 Å². The van der Waals surface area contributed by atoms with E-state index in [0.717, 1.165) is 5.56 Å². The minimum Gasteiger partial charge on any atom is -0.461 e. The van der Waals surface area contributed by atoms with Crippen molar-refractivity contribution < 1.29 is 14.3 Å². The van der Waals surface area contributed by atoms with E-state index < -0.39 is 6.10 Å². The zero-order chi connectivity index (χ0) is 14.4. The molecule has 0 fully saturated rings. The third-order valence-electron chi connectivity index (χ3n) is 2.92. The molecule has 1 aromatic rings. The first-order valence-electron chi connectivity index (χ1n) is 6.82. The largest absolute Gasteiger partial charge is 0.461 e. The van der Waals surface area contributed by atoms with Gasteiger partial charge in [0.2, 0.25) is 0 Å². The van der Waals surface area contributed by atoms with Crippen molar-refractivity contribution in [3.05, 3.63) is 34.9 Å². The van der Waals surface area contributed by atoms with Crippen molar-refractivity contribution in [2.45, 2.75) is 59.9 Å². The summed E-state index contributed by atoms with van der Waals surface area (Å²) in [6.45, 7) is 10.2. The summed E-state index contributed by atoms with van der Waals surface area (Å²) in [6, 6.07) is 6.22. The SMILES string of the molecule is CCC(OCc1ccc(C)cc1C)C(=O)OC(C)C. The van der Waals surface area contributed by atoms with E-state index in [1.807, 2.05) is 26.8 Å². The minimum absolute atomic E-state index is 0.105. The molecule has 1 aromatic carbocycles. The van der Waals surface area contributed by atoms with Gasteiger partial charge in [0.05, 0.1) is 12.7 Å². The van der Waals surface area contributed by atoms with E-state index in [-0.39, 0.29) is 12.1 Å². The number of carbonyl (C=O) groups excluding carboxylic acids is 1. The number of ether oxygens (including phenoxy) is 2. The molecule has 3 nitrogen and oxygen atoms in total. The molecule has 1 rings (SSSR count). The van der Waals surface area contributed by atoms with Crippen LogP contribution in [-0.2, 0) is 20.9 Å². The average molecular weight is 264 g/mol. The third-order valence-corrected chi connectivity index (χ3v) is 2.92. The third kappa shape index (κ3) is 5.03. The summed E-state index contributed by atoms with van der Waals surface area (Å²) in [5, 5.41) is 0. The van der Waals surface area contributed by atoms with Gasteiger partial charge >= 0.3 is 5.97 Å². The minimum atomic E-state index is -0.483. The Kier molecular flexibility index (Phi) is 6.03. The molecule has 0 aromatic heterocycles. The lowest BCUT2D eigenvalue weighted by Gasteiger charge is -2.17. The van der Waals surface area contributed by atoms with Gasteiger partial charge in [0.25, 0.3) is 0 Å². The Labute approximate surface area is 115 Å². The number of aryl methyl sites for hydroxylation is 2. The van der Waals surface area contributed by atoms with E-state index in [1.165, 1.54) is 11.1 Å². The van der Waals surface area contributed by atoms with E-state index in [0.29, 0.717) is 13.0 Å². The van der Waals surface area contributed by atoms with Crippen LogP contribution in [0.4, 0.5) is 0 Å². The maximum atomic E-state index is 11.8. The van der Waals surface area contributed by atoms with Crippen LogP contribution in [0.3, 0.4) is 0 Å². The number of hydrogen-bond acceptors (Lipinski definition) is 3. The highest BCUT2D eigenvalue weighted by Crippen LogP contribution is 2.14. The maximum absolute atomic E-state index is 11.8. The average Bonchev–Trinajstić information content (AvgIpc) is 2.31. The van der Waals surface area contributed by atoms with Gasteiger partial charge in [-0.1, -0.05) is 30.7 Å². The summed E-state index contributed by atoms with van der Waals surface area (Å²) in [7, 11) is 0. The van der Waals surface area contributed by atoms with Gasteiger partial charge in [0.1, 0.15) is 0 Å². The smallest absolute Gasteiger partial charge is 0.335 e. The molecule has 0 spiro atoms. The van der Waals surface area contributed by atoms with Gasteiger partial charge in [-0.2, -0.15) is 0 Å². The van der Waals surface area contributed by atoms with Crippen LogP contribution in [0.15, 0.2) is 18.2 Å². The van der Waals surface area contributed by atoms with Crippen LogP contribution in [-0.4, -0.2) is 18.2 Å². The molecule has 0 saturated carbocycles. The van der Waals surface area contributed by atoms with Crippen LogP contribution in [0.2, 0.25) is 0 Å². The number of hydrogen-bond donors (Lipinski definition) is 0. The Bertz CT molecular complexity index is 424. The number of benzene rings is 1. The van der Waals surface area contributed by atoms with Crippen molar-refractivity contribution in [2.24, 2.45) is 0 Å². The number of carbonyl (C=O) groups is 1. The highest BCUT2D eigenvalue weighted by Gasteiger charge is 2.20. The Hall–Kier alpha value is -1.35. The number of esters is 1. The predicted octanol–water partition coefficient (Wildman–Crippen LogP) is 3.55. The first-order chi connectivity index (χ1) is 8.93. The van der Waals surface area contributed by atoms with Gasteiger partial charge in [0, 0.05) is 0 Å². The molecule has 0 aliphatic carbocycles. The standard InChI is InChI=1S/C16H24O3/c1-6-15(16(17)19-11(2)3)18-10-14-8-7-12(4)9-13(14)5/h7-9,11,15H,6,10H2,1-5H3. The van der Waals surface area contributed by atoms with Crippen molar-refractivity contribution in [1.29, 1.82) is 0 Å². The lowest BCUT2D eigenvalue weighted by atomic mass is 10.1. The van der Waals surface area contributed by atoms with Crippen molar-refractivity contribution in [2.75, 3.05) is 0 Å². The maximum Gasteiger partial charge on any atom is 0.335 e. The van der Waals surface area contributed by atoms with Gasteiger partial charge in [0.15, 0.2) is 6.10 Å². The van der Waals surface area contributed by atoms with Crippen LogP contribution in [0.5, 0.6) is 0 Å². The normalized spacial score (nSPS) is 12.5. The fourth-order valence-electron chi connectivity index (χ4n) is 1.86. The Balaban J connectivity index is 2.60. The highest BCUT2D eigenvalue weighted by molar-refractivity contribution is 5.74. The monoisotopic (exact) mass is 264 g/mol. The van der Waals surface area contributed by atoms with Crippen LogP contribution < -0.4 is 0 Å². The zero-order valence-corrected chi connectivity index (χ0v) is 12.5. The van der Waals surface area contributed by atoms with Crippen LogP contribution in [0, 0.1) is 13.8 Å². The molecule has 1 unspecified atom stereocenters. The summed E-state index contributed by atoms with van der Waals surface area (Å²) in [6.07, 6.45) is 0.0329. The molecule has 0 bridgehead atoms. The molecule has 0 N–H and O–H groups in total. The molecular formula is C16H24O3. The number of rotatable bonds is 6. The first-order valence-corrected chi connectivity index (χ1v) is 6.82.